The van der Waals surface area contributed by atoms with Crippen molar-refractivity contribution in [2.45, 2.75) is 4.90 Å². The Morgan fingerprint density at radius 1 is 1.14 bits per heavy atom. The fraction of sp³-hybridized carbons (Fsp3) is 0.143. The van der Waals surface area contributed by atoms with Gasteiger partial charge in [0.1, 0.15) is 12.4 Å². The SMILES string of the molecule is Nc1cc(Cl)ccc1S(=O)(=O)CCOc1ccc(Br)cc1. The molecule has 0 atom stereocenters. The first-order valence-corrected chi connectivity index (χ1v) is 8.87. The van der Waals surface area contributed by atoms with Gasteiger partial charge in [-0.2, -0.15) is 0 Å². The molecule has 0 saturated heterocycles. The van der Waals surface area contributed by atoms with E-state index in [4.69, 9.17) is 22.1 Å². The van der Waals surface area contributed by atoms with Crippen LogP contribution in [0.3, 0.4) is 0 Å². The molecule has 0 aliphatic heterocycles. The Hall–Kier alpha value is -1.24. The van der Waals surface area contributed by atoms with Crippen LogP contribution < -0.4 is 10.5 Å². The maximum Gasteiger partial charge on any atom is 0.183 e. The van der Waals surface area contributed by atoms with Crippen molar-refractivity contribution in [2.24, 2.45) is 0 Å². The number of nitrogens with two attached hydrogens (primary N) is 1. The Bertz CT molecular complexity index is 732. The molecule has 0 radical (unpaired) electrons. The van der Waals surface area contributed by atoms with Crippen LogP contribution in [-0.4, -0.2) is 20.8 Å². The largest absolute Gasteiger partial charge is 0.493 e. The molecule has 0 aliphatic carbocycles. The topological polar surface area (TPSA) is 69.4 Å². The van der Waals surface area contributed by atoms with E-state index in [-0.39, 0.29) is 22.9 Å². The summed E-state index contributed by atoms with van der Waals surface area (Å²) < 4.78 is 30.7. The second kappa shape index (κ2) is 6.68. The number of rotatable bonds is 5. The summed E-state index contributed by atoms with van der Waals surface area (Å²) in [7, 11) is -3.50. The van der Waals surface area contributed by atoms with E-state index in [1.165, 1.54) is 18.2 Å². The summed E-state index contributed by atoms with van der Waals surface area (Å²) in [6, 6.07) is 11.5. The lowest BCUT2D eigenvalue weighted by molar-refractivity contribution is 0.341. The third kappa shape index (κ3) is 4.36. The van der Waals surface area contributed by atoms with Crippen LogP contribution in [0.25, 0.3) is 0 Å². The van der Waals surface area contributed by atoms with Crippen LogP contribution in [0.4, 0.5) is 5.69 Å². The number of sulfone groups is 1. The number of hydrogen-bond acceptors (Lipinski definition) is 4. The predicted octanol–water partition coefficient (Wildman–Crippen LogP) is 3.54. The number of ether oxygens (including phenoxy) is 1. The molecule has 0 aromatic heterocycles. The molecule has 0 spiro atoms. The molecule has 0 heterocycles. The van der Waals surface area contributed by atoms with Crippen molar-refractivity contribution in [2.75, 3.05) is 18.1 Å². The molecule has 0 amide bonds. The monoisotopic (exact) mass is 389 g/mol. The second-order valence-electron chi connectivity index (χ2n) is 4.30. The molecule has 0 fully saturated rings. The van der Waals surface area contributed by atoms with Gasteiger partial charge in [0.15, 0.2) is 9.84 Å². The average molecular weight is 391 g/mol. The van der Waals surface area contributed by atoms with Crippen molar-refractivity contribution < 1.29 is 13.2 Å². The van der Waals surface area contributed by atoms with Crippen LogP contribution in [-0.2, 0) is 9.84 Å². The molecular weight excluding hydrogens is 378 g/mol. The fourth-order valence-electron chi connectivity index (χ4n) is 1.71. The van der Waals surface area contributed by atoms with E-state index in [1.54, 1.807) is 12.1 Å². The minimum Gasteiger partial charge on any atom is -0.493 e. The van der Waals surface area contributed by atoms with Crippen LogP contribution in [0.5, 0.6) is 5.75 Å². The highest BCUT2D eigenvalue weighted by Gasteiger charge is 2.18. The van der Waals surface area contributed by atoms with Crippen molar-refractivity contribution in [1.29, 1.82) is 0 Å². The van der Waals surface area contributed by atoms with Crippen molar-refractivity contribution >= 4 is 43.1 Å². The molecule has 0 unspecified atom stereocenters. The average Bonchev–Trinajstić information content (AvgIpc) is 2.40. The molecule has 2 aromatic rings. The van der Waals surface area contributed by atoms with E-state index in [1.807, 2.05) is 12.1 Å². The zero-order valence-corrected chi connectivity index (χ0v) is 14.1. The summed E-state index contributed by atoms with van der Waals surface area (Å²) in [6.45, 7) is 0.0477. The van der Waals surface area contributed by atoms with Gasteiger partial charge in [-0.1, -0.05) is 27.5 Å². The van der Waals surface area contributed by atoms with E-state index in [2.05, 4.69) is 15.9 Å². The zero-order valence-electron chi connectivity index (χ0n) is 10.9. The van der Waals surface area contributed by atoms with Gasteiger partial charge in [-0.05, 0) is 42.5 Å². The normalized spacial score (nSPS) is 11.3. The molecule has 4 nitrogen and oxygen atoms in total. The molecule has 0 saturated carbocycles. The maximum atomic E-state index is 12.2. The standard InChI is InChI=1S/C14H13BrClNO3S/c15-10-1-4-12(5-2-10)20-7-8-21(18,19)14-6-3-11(16)9-13(14)17/h1-6,9H,7-8,17H2. The maximum absolute atomic E-state index is 12.2. The Balaban J connectivity index is 2.03. The molecule has 2 aromatic carbocycles. The van der Waals surface area contributed by atoms with E-state index < -0.39 is 9.84 Å². The second-order valence-corrected chi connectivity index (χ2v) is 7.73. The third-order valence-corrected chi connectivity index (χ3v) is 5.25. The number of halogens is 2. The zero-order chi connectivity index (χ0) is 15.5. The van der Waals surface area contributed by atoms with Gasteiger partial charge in [-0.15, -0.1) is 0 Å². The number of nitrogen functional groups attached to an aromatic ring is 1. The first-order chi connectivity index (χ1) is 9.88. The van der Waals surface area contributed by atoms with E-state index >= 15 is 0 Å². The van der Waals surface area contributed by atoms with Gasteiger partial charge >= 0.3 is 0 Å². The number of benzene rings is 2. The van der Waals surface area contributed by atoms with Crippen molar-refractivity contribution in [3.05, 3.63) is 52.0 Å². The third-order valence-electron chi connectivity index (χ3n) is 2.74. The van der Waals surface area contributed by atoms with Gasteiger partial charge in [0.25, 0.3) is 0 Å². The molecule has 0 bridgehead atoms. The lowest BCUT2D eigenvalue weighted by Gasteiger charge is -2.09. The van der Waals surface area contributed by atoms with Crippen LogP contribution in [0.15, 0.2) is 51.8 Å². The summed E-state index contributed by atoms with van der Waals surface area (Å²) in [5.41, 5.74) is 5.84. The van der Waals surface area contributed by atoms with Crippen molar-refractivity contribution in [3.8, 4) is 5.75 Å². The first kappa shape index (κ1) is 16.1. The van der Waals surface area contributed by atoms with Crippen LogP contribution in [0.1, 0.15) is 0 Å². The molecule has 2 rings (SSSR count). The lowest BCUT2D eigenvalue weighted by atomic mass is 10.3. The summed E-state index contributed by atoms with van der Waals surface area (Å²) >= 11 is 9.07. The van der Waals surface area contributed by atoms with Crippen LogP contribution in [0, 0.1) is 0 Å². The quantitative estimate of drug-likeness (QED) is 0.793. The van der Waals surface area contributed by atoms with Gasteiger partial charge in [0.2, 0.25) is 0 Å². The highest BCUT2D eigenvalue weighted by atomic mass is 79.9. The highest BCUT2D eigenvalue weighted by molar-refractivity contribution is 9.10. The van der Waals surface area contributed by atoms with E-state index in [0.29, 0.717) is 10.8 Å². The van der Waals surface area contributed by atoms with Gasteiger partial charge in [0.05, 0.1) is 16.3 Å². The Morgan fingerprint density at radius 3 is 2.43 bits per heavy atom. The van der Waals surface area contributed by atoms with E-state index in [9.17, 15) is 8.42 Å². The molecule has 7 heteroatoms. The molecule has 0 aliphatic rings. The van der Waals surface area contributed by atoms with Crippen LogP contribution in [0.2, 0.25) is 5.02 Å². The fourth-order valence-corrected chi connectivity index (χ4v) is 3.37. The van der Waals surface area contributed by atoms with Crippen molar-refractivity contribution in [1.82, 2.24) is 0 Å². The van der Waals surface area contributed by atoms with E-state index in [0.717, 1.165) is 4.47 Å². The lowest BCUT2D eigenvalue weighted by Crippen LogP contribution is -2.15. The van der Waals surface area contributed by atoms with Gasteiger partial charge < -0.3 is 10.5 Å². The van der Waals surface area contributed by atoms with Crippen LogP contribution >= 0.6 is 27.5 Å². The number of hydrogen-bond donors (Lipinski definition) is 1. The molecular formula is C14H13BrClNO3S. The summed E-state index contributed by atoms with van der Waals surface area (Å²) in [4.78, 5) is 0.0753. The predicted molar refractivity (Wildman–Crippen MR) is 87.6 cm³/mol. The Labute approximate surface area is 136 Å². The van der Waals surface area contributed by atoms with Gasteiger partial charge in [-0.25, -0.2) is 8.42 Å². The first-order valence-electron chi connectivity index (χ1n) is 6.04. The summed E-state index contributed by atoms with van der Waals surface area (Å²) in [5, 5.41) is 0.401. The smallest absolute Gasteiger partial charge is 0.183 e. The number of anilines is 1. The molecule has 21 heavy (non-hydrogen) atoms. The Kier molecular flexibility index (Phi) is 5.13. The molecule has 112 valence electrons. The summed E-state index contributed by atoms with van der Waals surface area (Å²) in [5.74, 6) is 0.451. The Morgan fingerprint density at radius 2 is 1.81 bits per heavy atom. The minimum atomic E-state index is -3.50. The highest BCUT2D eigenvalue weighted by Crippen LogP contribution is 2.23. The minimum absolute atomic E-state index is 0.0477. The van der Waals surface area contributed by atoms with Gasteiger partial charge in [-0.3, -0.25) is 0 Å². The van der Waals surface area contributed by atoms with Crippen molar-refractivity contribution in [3.63, 3.8) is 0 Å². The van der Waals surface area contributed by atoms with Gasteiger partial charge in [0, 0.05) is 9.50 Å². The molecule has 2 N–H and O–H groups in total. The summed E-state index contributed by atoms with van der Waals surface area (Å²) in [6.07, 6.45) is 0.